The average molecular weight is 201 g/mol. The van der Waals surface area contributed by atoms with Gasteiger partial charge in [0.1, 0.15) is 0 Å². The van der Waals surface area contributed by atoms with Crippen molar-refractivity contribution in [2.45, 2.75) is 52.2 Å². The van der Waals surface area contributed by atoms with Crippen molar-refractivity contribution >= 4 is 12.4 Å². The summed E-state index contributed by atoms with van der Waals surface area (Å²) in [4.78, 5) is 21.7. The monoisotopic (exact) mass is 201 g/mol. The van der Waals surface area contributed by atoms with Crippen LogP contribution in [0.2, 0.25) is 0 Å². The lowest BCUT2D eigenvalue weighted by atomic mass is 10.1. The lowest BCUT2D eigenvalue weighted by molar-refractivity contribution is -0.115. The van der Waals surface area contributed by atoms with E-state index in [0.717, 1.165) is 6.42 Å². The highest BCUT2D eigenvalue weighted by molar-refractivity contribution is 5.71. The van der Waals surface area contributed by atoms with E-state index in [0.29, 0.717) is 12.7 Å². The highest BCUT2D eigenvalue weighted by Gasteiger charge is 2.17. The topological polar surface area (TPSA) is 55.4 Å². The number of nitrogens with one attached hydrogen (secondary N) is 1. The quantitative estimate of drug-likeness (QED) is 0.706. The zero-order valence-corrected chi connectivity index (χ0v) is 9.29. The van der Waals surface area contributed by atoms with Crippen molar-refractivity contribution in [3.8, 4) is 0 Å². The van der Waals surface area contributed by atoms with Gasteiger partial charge in [-0.2, -0.15) is 0 Å². The molecule has 14 heavy (non-hydrogen) atoms. The maximum atomic E-state index is 11.2. The van der Waals surface area contributed by atoms with E-state index in [1.54, 1.807) is 0 Å². The molecular formula is C10H19NO3. The van der Waals surface area contributed by atoms with Gasteiger partial charge in [-0.15, -0.1) is 0 Å². The first-order valence-electron chi connectivity index (χ1n) is 4.83. The van der Waals surface area contributed by atoms with Crippen molar-refractivity contribution < 1.29 is 14.3 Å². The van der Waals surface area contributed by atoms with Crippen molar-refractivity contribution in [1.29, 1.82) is 0 Å². The van der Waals surface area contributed by atoms with Crippen molar-refractivity contribution in [2.75, 3.05) is 0 Å². The van der Waals surface area contributed by atoms with Crippen molar-refractivity contribution in [2.24, 2.45) is 0 Å². The van der Waals surface area contributed by atoms with Crippen molar-refractivity contribution in [3.05, 3.63) is 0 Å². The van der Waals surface area contributed by atoms with E-state index in [1.165, 1.54) is 0 Å². The molecule has 4 nitrogen and oxygen atoms in total. The van der Waals surface area contributed by atoms with E-state index in [1.807, 2.05) is 27.7 Å². The van der Waals surface area contributed by atoms with Crippen molar-refractivity contribution in [3.63, 3.8) is 0 Å². The van der Waals surface area contributed by atoms with Gasteiger partial charge in [0.2, 0.25) is 0 Å². The summed E-state index contributed by atoms with van der Waals surface area (Å²) in [7, 11) is 0. The second kappa shape index (κ2) is 5.62. The number of carbonyl (C=O) groups excluding carboxylic acids is 2. The molecule has 0 aliphatic rings. The summed E-state index contributed by atoms with van der Waals surface area (Å²) in [6.45, 7) is 7.49. The van der Waals surface area contributed by atoms with Crippen LogP contribution in [0, 0.1) is 0 Å². The smallest absolute Gasteiger partial charge is 0.408 e. The van der Waals surface area contributed by atoms with Gasteiger partial charge in [0.05, 0.1) is 0 Å². The van der Waals surface area contributed by atoms with Crippen LogP contribution in [0.15, 0.2) is 0 Å². The molecule has 0 aromatic carbocycles. The molecule has 1 N–H and O–H groups in total. The summed E-state index contributed by atoms with van der Waals surface area (Å²) in [6.07, 6.45) is 0.879. The molecule has 0 rings (SSSR count). The lowest BCUT2D eigenvalue weighted by Gasteiger charge is -2.21. The van der Waals surface area contributed by atoms with E-state index in [9.17, 15) is 9.59 Å². The molecule has 0 aromatic heterocycles. The molecule has 0 aliphatic carbocycles. The van der Waals surface area contributed by atoms with Crippen molar-refractivity contribution in [1.82, 2.24) is 5.32 Å². The minimum Gasteiger partial charge on any atom is -0.439 e. The van der Waals surface area contributed by atoms with Gasteiger partial charge in [0.25, 0.3) is 0 Å². The molecule has 82 valence electrons. The number of aldehydes is 1. The largest absolute Gasteiger partial charge is 0.439 e. The molecule has 0 saturated heterocycles. The van der Waals surface area contributed by atoms with Crippen LogP contribution in [-0.4, -0.2) is 24.0 Å². The highest BCUT2D eigenvalue weighted by atomic mass is 16.6. The Morgan fingerprint density at radius 1 is 1.50 bits per heavy atom. The van der Waals surface area contributed by atoms with Crippen LogP contribution < -0.4 is 5.32 Å². The fourth-order valence-electron chi connectivity index (χ4n) is 0.912. The van der Waals surface area contributed by atoms with Gasteiger partial charge in [-0.25, -0.2) is 4.79 Å². The molecule has 0 saturated carbocycles. The zero-order valence-electron chi connectivity index (χ0n) is 9.29. The van der Waals surface area contributed by atoms with Crippen LogP contribution in [0.1, 0.15) is 40.5 Å². The number of alkyl carbamates (subject to hydrolysis) is 1. The maximum absolute atomic E-state index is 11.2. The van der Waals surface area contributed by atoms with Crippen LogP contribution in [0.4, 0.5) is 4.79 Å². The third-order valence-electron chi connectivity index (χ3n) is 1.46. The van der Waals surface area contributed by atoms with E-state index in [2.05, 4.69) is 5.32 Å². The molecule has 1 amide bonds. The molecule has 0 aliphatic heterocycles. The van der Waals surface area contributed by atoms with Crippen LogP contribution in [-0.2, 0) is 9.53 Å². The number of carbonyl (C=O) groups is 2. The molecule has 0 aromatic rings. The standard InChI is InChI=1S/C10H19NO3/c1-5-6-8(7-12)14-9(13)11-10(2,3)4/h7-8H,5-6H2,1-4H3,(H,11,13). The normalized spacial score (nSPS) is 13.1. The molecule has 4 heteroatoms. The number of hydrogen-bond donors (Lipinski definition) is 1. The minimum atomic E-state index is -0.623. The summed E-state index contributed by atoms with van der Waals surface area (Å²) in [6, 6.07) is 0. The van der Waals surface area contributed by atoms with E-state index < -0.39 is 12.2 Å². The summed E-state index contributed by atoms with van der Waals surface area (Å²) < 4.78 is 4.90. The van der Waals surface area contributed by atoms with Gasteiger partial charge in [0, 0.05) is 5.54 Å². The van der Waals surface area contributed by atoms with Gasteiger partial charge in [0.15, 0.2) is 12.4 Å². The molecule has 1 atom stereocenters. The van der Waals surface area contributed by atoms with Gasteiger partial charge < -0.3 is 10.1 Å². The number of rotatable bonds is 4. The maximum Gasteiger partial charge on any atom is 0.408 e. The van der Waals surface area contributed by atoms with E-state index >= 15 is 0 Å². The van der Waals surface area contributed by atoms with Gasteiger partial charge in [-0.1, -0.05) is 13.3 Å². The average Bonchev–Trinajstić information content (AvgIpc) is 2.00. The Bertz CT molecular complexity index is 196. The molecule has 0 heterocycles. The first-order valence-corrected chi connectivity index (χ1v) is 4.83. The Hall–Kier alpha value is -1.06. The van der Waals surface area contributed by atoms with E-state index in [-0.39, 0.29) is 5.54 Å². The number of ether oxygens (including phenoxy) is 1. The number of amides is 1. The highest BCUT2D eigenvalue weighted by Crippen LogP contribution is 2.03. The van der Waals surface area contributed by atoms with Crippen LogP contribution in [0.3, 0.4) is 0 Å². The molecule has 0 spiro atoms. The summed E-state index contributed by atoms with van der Waals surface area (Å²) in [5, 5.41) is 2.62. The Balaban J connectivity index is 3.97. The fourth-order valence-corrected chi connectivity index (χ4v) is 0.912. The molecule has 1 unspecified atom stereocenters. The Morgan fingerprint density at radius 2 is 2.07 bits per heavy atom. The SMILES string of the molecule is CCCC(C=O)OC(=O)NC(C)(C)C. The zero-order chi connectivity index (χ0) is 11.2. The number of hydrogen-bond acceptors (Lipinski definition) is 3. The van der Waals surface area contributed by atoms with Crippen LogP contribution >= 0.6 is 0 Å². The summed E-state index contributed by atoms with van der Waals surface area (Å²) in [5.74, 6) is 0. The van der Waals surface area contributed by atoms with E-state index in [4.69, 9.17) is 4.74 Å². The molecular weight excluding hydrogens is 182 g/mol. The molecule has 0 bridgehead atoms. The third kappa shape index (κ3) is 6.46. The second-order valence-corrected chi connectivity index (χ2v) is 4.24. The van der Waals surface area contributed by atoms with Gasteiger partial charge in [-0.05, 0) is 27.2 Å². The van der Waals surface area contributed by atoms with Crippen LogP contribution in [0.5, 0.6) is 0 Å². The van der Waals surface area contributed by atoms with Crippen LogP contribution in [0.25, 0.3) is 0 Å². The predicted octanol–water partition coefficient (Wildman–Crippen LogP) is 1.88. The van der Waals surface area contributed by atoms with Gasteiger partial charge >= 0.3 is 6.09 Å². The Kier molecular flexibility index (Phi) is 5.20. The second-order valence-electron chi connectivity index (χ2n) is 4.24. The summed E-state index contributed by atoms with van der Waals surface area (Å²) >= 11 is 0. The first-order chi connectivity index (χ1) is 6.39. The molecule has 0 fully saturated rings. The van der Waals surface area contributed by atoms with Gasteiger partial charge in [-0.3, -0.25) is 4.79 Å². The third-order valence-corrected chi connectivity index (χ3v) is 1.46. The fraction of sp³-hybridized carbons (Fsp3) is 0.800. The minimum absolute atomic E-state index is 0.337. The predicted molar refractivity (Wildman–Crippen MR) is 54.1 cm³/mol. The summed E-state index contributed by atoms with van der Waals surface area (Å²) in [5.41, 5.74) is -0.337. The lowest BCUT2D eigenvalue weighted by Crippen LogP contribution is -2.42. The Morgan fingerprint density at radius 3 is 2.43 bits per heavy atom. The molecule has 0 radical (unpaired) electrons. The Labute approximate surface area is 85.0 Å². The first kappa shape index (κ1) is 12.9.